The van der Waals surface area contributed by atoms with Crippen molar-refractivity contribution in [2.24, 2.45) is 15.2 Å². The van der Waals surface area contributed by atoms with E-state index in [2.05, 4.69) is 25.2 Å². The molecule has 7 nitrogen and oxygen atoms in total. The maximum Gasteiger partial charge on any atom is 0.345 e. The number of fused-ring (bicyclic) bond motifs is 2. The van der Waals surface area contributed by atoms with Crippen LogP contribution in [0.4, 0.5) is 0 Å². The molecule has 1 amide bonds. The molecule has 1 aliphatic carbocycles. The minimum atomic E-state index is -4.00. The van der Waals surface area contributed by atoms with Gasteiger partial charge < -0.3 is 9.64 Å². The van der Waals surface area contributed by atoms with Crippen molar-refractivity contribution in [3.05, 3.63) is 41.6 Å². The van der Waals surface area contributed by atoms with Crippen LogP contribution in [0, 0.1) is 10.8 Å². The molecule has 0 unspecified atom stereocenters. The van der Waals surface area contributed by atoms with Crippen LogP contribution in [-0.4, -0.2) is 56.0 Å². The van der Waals surface area contributed by atoms with Gasteiger partial charge in [0.1, 0.15) is 11.4 Å². The summed E-state index contributed by atoms with van der Waals surface area (Å²) in [5.41, 5.74) is 1.20. The summed E-state index contributed by atoms with van der Waals surface area (Å²) in [4.78, 5) is 15.4. The summed E-state index contributed by atoms with van der Waals surface area (Å²) in [6, 6.07) is 7.14. The molecule has 1 saturated carbocycles. The number of ether oxygens (including phenoxy) is 1. The molecule has 1 aromatic rings. The Hall–Kier alpha value is -2.35. The van der Waals surface area contributed by atoms with Crippen molar-refractivity contribution in [1.82, 2.24) is 9.21 Å². The molecule has 2 heterocycles. The van der Waals surface area contributed by atoms with Crippen LogP contribution < -0.4 is 4.74 Å². The van der Waals surface area contributed by atoms with Gasteiger partial charge in [-0.05, 0) is 48.3 Å². The first-order valence-corrected chi connectivity index (χ1v) is 11.6. The van der Waals surface area contributed by atoms with Gasteiger partial charge in [-0.1, -0.05) is 32.9 Å². The number of hydrogen-bond donors (Lipinski definition) is 0. The van der Waals surface area contributed by atoms with Crippen molar-refractivity contribution in [2.45, 2.75) is 46.1 Å². The minimum absolute atomic E-state index is 0.0679. The lowest BCUT2D eigenvalue weighted by Gasteiger charge is -2.39. The second kappa shape index (κ2) is 6.83. The standard InChI is InChI=1S/C22H29N3O4S/c1-21(2)11-16-12-22(3,13-21)14-25(16)20(26)19-10-18(23-30(27,28)24(19)4)15-7-6-8-17(9-15)29-5/h6-10,16H,11-14H2,1-5H3/t16-,22+/m1/s1. The van der Waals surface area contributed by atoms with Gasteiger partial charge in [-0.15, -0.1) is 4.40 Å². The number of likely N-dealkylation sites (N-methyl/N-ethyl adjacent to an activating group) is 1. The molecule has 2 bridgehead atoms. The summed E-state index contributed by atoms with van der Waals surface area (Å²) >= 11 is 0. The van der Waals surface area contributed by atoms with Crippen LogP contribution in [0.3, 0.4) is 0 Å². The monoisotopic (exact) mass is 431 g/mol. The second-order valence-corrected chi connectivity index (χ2v) is 11.5. The molecule has 0 N–H and O–H groups in total. The van der Waals surface area contributed by atoms with Gasteiger partial charge >= 0.3 is 10.2 Å². The van der Waals surface area contributed by atoms with E-state index in [1.807, 2.05) is 4.90 Å². The highest BCUT2D eigenvalue weighted by Crippen LogP contribution is 2.52. The Morgan fingerprint density at radius 2 is 1.97 bits per heavy atom. The van der Waals surface area contributed by atoms with E-state index in [-0.39, 0.29) is 34.2 Å². The molecule has 2 atom stereocenters. The molecule has 2 fully saturated rings. The molecule has 8 heteroatoms. The average molecular weight is 432 g/mol. The predicted octanol–water partition coefficient (Wildman–Crippen LogP) is 2.99. The van der Waals surface area contributed by atoms with E-state index >= 15 is 0 Å². The van der Waals surface area contributed by atoms with Crippen LogP contribution in [0.1, 0.15) is 45.6 Å². The Balaban J connectivity index is 1.71. The topological polar surface area (TPSA) is 79.3 Å². The maximum absolute atomic E-state index is 13.6. The van der Waals surface area contributed by atoms with Crippen LogP contribution in [-0.2, 0) is 15.0 Å². The number of nitrogens with zero attached hydrogens (tertiary/aromatic N) is 3. The molecule has 162 valence electrons. The third-order valence-electron chi connectivity index (χ3n) is 6.43. The van der Waals surface area contributed by atoms with E-state index in [4.69, 9.17) is 4.74 Å². The molecule has 4 rings (SSSR count). The zero-order valence-corrected chi connectivity index (χ0v) is 19.0. The van der Waals surface area contributed by atoms with Gasteiger partial charge in [0.2, 0.25) is 0 Å². The third kappa shape index (κ3) is 3.62. The summed E-state index contributed by atoms with van der Waals surface area (Å²) < 4.78 is 35.6. The van der Waals surface area contributed by atoms with E-state index in [0.717, 1.165) is 23.6 Å². The van der Waals surface area contributed by atoms with Crippen molar-refractivity contribution in [1.29, 1.82) is 0 Å². The fourth-order valence-electron chi connectivity index (χ4n) is 5.52. The van der Waals surface area contributed by atoms with Crippen molar-refractivity contribution in [3.63, 3.8) is 0 Å². The Morgan fingerprint density at radius 1 is 1.23 bits per heavy atom. The highest BCUT2D eigenvalue weighted by Gasteiger charge is 2.52. The van der Waals surface area contributed by atoms with Crippen molar-refractivity contribution < 1.29 is 17.9 Å². The normalized spacial score (nSPS) is 29.3. The molecule has 0 radical (unpaired) electrons. The lowest BCUT2D eigenvalue weighted by molar-refractivity contribution is -0.129. The number of benzene rings is 1. The van der Waals surface area contributed by atoms with Gasteiger partial charge in [0, 0.05) is 25.2 Å². The lowest BCUT2D eigenvalue weighted by Crippen LogP contribution is -2.43. The maximum atomic E-state index is 13.6. The molecule has 3 aliphatic rings. The largest absolute Gasteiger partial charge is 0.497 e. The van der Waals surface area contributed by atoms with Crippen molar-refractivity contribution in [2.75, 3.05) is 20.7 Å². The summed E-state index contributed by atoms with van der Waals surface area (Å²) in [5.74, 6) is 0.346. The average Bonchev–Trinajstić information content (AvgIpc) is 2.92. The predicted molar refractivity (Wildman–Crippen MR) is 116 cm³/mol. The van der Waals surface area contributed by atoms with Crippen LogP contribution in [0.15, 0.2) is 40.4 Å². The minimum Gasteiger partial charge on any atom is -0.497 e. The fraction of sp³-hybridized carbons (Fsp3) is 0.545. The summed E-state index contributed by atoms with van der Waals surface area (Å²) in [5, 5.41) is 0. The number of rotatable bonds is 3. The molecule has 0 spiro atoms. The number of hydrogen-bond acceptors (Lipinski definition) is 4. The smallest absolute Gasteiger partial charge is 0.345 e. The molecular formula is C22H29N3O4S. The number of carbonyl (C=O) groups is 1. The first-order valence-electron chi connectivity index (χ1n) is 10.2. The quantitative estimate of drug-likeness (QED) is 0.737. The van der Waals surface area contributed by atoms with Gasteiger partial charge in [0.25, 0.3) is 5.91 Å². The Morgan fingerprint density at radius 3 is 2.67 bits per heavy atom. The summed E-state index contributed by atoms with van der Waals surface area (Å²) in [6.07, 6.45) is 4.52. The number of allylic oxidation sites excluding steroid dienone is 1. The van der Waals surface area contributed by atoms with Gasteiger partial charge in [-0.25, -0.2) is 4.31 Å². The van der Waals surface area contributed by atoms with E-state index in [0.29, 0.717) is 17.9 Å². The first kappa shape index (κ1) is 20.9. The van der Waals surface area contributed by atoms with E-state index < -0.39 is 10.2 Å². The van der Waals surface area contributed by atoms with Crippen LogP contribution in [0.25, 0.3) is 0 Å². The number of likely N-dealkylation sites (tertiary alicyclic amines) is 1. The Bertz CT molecular complexity index is 1060. The molecule has 1 aromatic carbocycles. The van der Waals surface area contributed by atoms with E-state index in [1.165, 1.54) is 7.05 Å². The second-order valence-electron chi connectivity index (χ2n) is 9.83. The van der Waals surface area contributed by atoms with Gasteiger partial charge in [-0.3, -0.25) is 4.79 Å². The Kier molecular flexibility index (Phi) is 4.76. The van der Waals surface area contributed by atoms with Gasteiger partial charge in [-0.2, -0.15) is 8.42 Å². The zero-order valence-electron chi connectivity index (χ0n) is 18.2. The third-order valence-corrected chi connectivity index (χ3v) is 7.75. The van der Waals surface area contributed by atoms with E-state index in [1.54, 1.807) is 37.5 Å². The molecule has 1 saturated heterocycles. The van der Waals surface area contributed by atoms with Crippen LogP contribution >= 0.6 is 0 Å². The van der Waals surface area contributed by atoms with Crippen molar-refractivity contribution in [3.8, 4) is 5.75 Å². The highest BCUT2D eigenvalue weighted by molar-refractivity contribution is 7.88. The summed E-state index contributed by atoms with van der Waals surface area (Å²) in [6.45, 7) is 7.37. The molecule has 2 aliphatic heterocycles. The van der Waals surface area contributed by atoms with Crippen LogP contribution in [0.5, 0.6) is 5.75 Å². The molecule has 30 heavy (non-hydrogen) atoms. The van der Waals surface area contributed by atoms with Gasteiger partial charge in [0.05, 0.1) is 12.8 Å². The first-order chi connectivity index (χ1) is 13.9. The van der Waals surface area contributed by atoms with Crippen LogP contribution in [0.2, 0.25) is 0 Å². The molecular weight excluding hydrogens is 402 g/mol. The number of amides is 1. The highest BCUT2D eigenvalue weighted by atomic mass is 32.2. The van der Waals surface area contributed by atoms with Gasteiger partial charge in [0.15, 0.2) is 0 Å². The van der Waals surface area contributed by atoms with E-state index in [9.17, 15) is 13.2 Å². The van der Waals surface area contributed by atoms with Crippen molar-refractivity contribution >= 4 is 21.8 Å². The zero-order chi connectivity index (χ0) is 21.9. The SMILES string of the molecule is COc1cccc(C2=NS(=O)(=O)N(C)C(C(=O)N3C[C@@]4(C)C[C@H]3CC(C)(C)C4)=C2)c1. The molecule has 0 aromatic heterocycles. The number of carbonyl (C=O) groups excluding carboxylic acids is 1. The lowest BCUT2D eigenvalue weighted by atomic mass is 9.65. The Labute approximate surface area is 178 Å². The number of methoxy groups -OCH3 is 1. The fourth-order valence-corrected chi connectivity index (χ4v) is 6.42. The summed E-state index contributed by atoms with van der Waals surface area (Å²) in [7, 11) is -1.06.